The topological polar surface area (TPSA) is 9.23 Å². The van der Waals surface area contributed by atoms with Crippen LogP contribution >= 0.6 is 15.8 Å². The number of methoxy groups -OCH3 is 1. The van der Waals surface area contributed by atoms with Gasteiger partial charge in [0, 0.05) is 7.11 Å². The van der Waals surface area contributed by atoms with Gasteiger partial charge in [-0.2, -0.15) is 0 Å². The summed E-state index contributed by atoms with van der Waals surface area (Å²) in [6.07, 6.45) is 14.1. The molecule has 3 heteroatoms. The van der Waals surface area contributed by atoms with Crippen LogP contribution in [0.5, 0.6) is 0 Å². The SMILES string of the molecule is CO[C@@H](c1ccc(C(C)(C)C)cc1P(c1ccccc1)c1ccccc1)P(C1CCCCC1)C1CCCCC1. The third-order valence-corrected chi connectivity index (χ3v) is 15.2. The lowest BCUT2D eigenvalue weighted by Gasteiger charge is -2.43. The lowest BCUT2D eigenvalue weighted by atomic mass is 9.86. The first-order chi connectivity index (χ1) is 19.0. The standard InChI is InChI=1S/C36H48OP2/c1-36(2,3)28-25-26-33(34(27-28)38(29-17-9-5-10-18-29)30-19-11-6-12-20-30)35(37-4)39(31-21-13-7-14-22-31)32-23-15-8-16-24-32/h5-6,9-12,17-20,25-27,31-32,35H,7-8,13-16,21-24H2,1-4H3/t35-/m1/s1. The van der Waals surface area contributed by atoms with Gasteiger partial charge in [-0.15, -0.1) is 0 Å². The van der Waals surface area contributed by atoms with Gasteiger partial charge in [-0.05, 0) is 83.4 Å². The van der Waals surface area contributed by atoms with Crippen molar-refractivity contribution in [3.8, 4) is 0 Å². The van der Waals surface area contributed by atoms with E-state index in [2.05, 4.69) is 99.6 Å². The van der Waals surface area contributed by atoms with Gasteiger partial charge in [0.25, 0.3) is 0 Å². The van der Waals surface area contributed by atoms with Crippen molar-refractivity contribution < 1.29 is 4.74 Å². The number of hydrogen-bond donors (Lipinski definition) is 0. The third-order valence-electron chi connectivity index (χ3n) is 8.92. The minimum Gasteiger partial charge on any atom is -0.372 e. The van der Waals surface area contributed by atoms with Gasteiger partial charge in [0.1, 0.15) is 5.85 Å². The average Bonchev–Trinajstić information content (AvgIpc) is 2.98. The van der Waals surface area contributed by atoms with E-state index in [0.29, 0.717) is 0 Å². The second-order valence-corrected chi connectivity index (χ2v) is 17.7. The largest absolute Gasteiger partial charge is 0.372 e. The number of rotatable bonds is 8. The van der Waals surface area contributed by atoms with Gasteiger partial charge < -0.3 is 4.74 Å². The Morgan fingerprint density at radius 3 is 1.59 bits per heavy atom. The Labute approximate surface area is 240 Å². The molecule has 2 aliphatic rings. The summed E-state index contributed by atoms with van der Waals surface area (Å²) in [6, 6.07) is 30.0. The lowest BCUT2D eigenvalue weighted by molar-refractivity contribution is 0.168. The van der Waals surface area contributed by atoms with Crippen LogP contribution in [0.25, 0.3) is 0 Å². The number of ether oxygens (including phenoxy) is 1. The Hall–Kier alpha value is -1.52. The molecule has 0 aromatic heterocycles. The van der Waals surface area contributed by atoms with Crippen LogP contribution in [-0.4, -0.2) is 18.4 Å². The summed E-state index contributed by atoms with van der Waals surface area (Å²) in [5.41, 5.74) is 4.69. The summed E-state index contributed by atoms with van der Waals surface area (Å²) in [5, 5.41) is 4.38. The molecule has 0 radical (unpaired) electrons. The van der Waals surface area contributed by atoms with Gasteiger partial charge in [0.05, 0.1) is 0 Å². The van der Waals surface area contributed by atoms with Gasteiger partial charge in [0.15, 0.2) is 0 Å². The van der Waals surface area contributed by atoms with Crippen LogP contribution in [0.1, 0.15) is 102 Å². The van der Waals surface area contributed by atoms with Gasteiger partial charge in [-0.3, -0.25) is 0 Å². The Balaban J connectivity index is 1.69. The zero-order chi connectivity index (χ0) is 27.2. The minimum absolute atomic E-state index is 0.0989. The number of hydrogen-bond acceptors (Lipinski definition) is 1. The fourth-order valence-corrected chi connectivity index (χ4v) is 13.5. The Kier molecular flexibility index (Phi) is 9.98. The molecule has 2 fully saturated rings. The normalized spacial score (nSPS) is 18.5. The smallest absolute Gasteiger partial charge is 0.102 e. The van der Waals surface area contributed by atoms with Crippen molar-refractivity contribution in [1.82, 2.24) is 0 Å². The van der Waals surface area contributed by atoms with Crippen LogP contribution in [0, 0.1) is 0 Å². The van der Waals surface area contributed by atoms with E-state index in [1.165, 1.54) is 91.2 Å². The molecule has 0 N–H and O–H groups in total. The maximum Gasteiger partial charge on any atom is 0.102 e. The van der Waals surface area contributed by atoms with Gasteiger partial charge in [-0.1, -0.05) is 140 Å². The highest BCUT2D eigenvalue weighted by molar-refractivity contribution is 7.80. The zero-order valence-electron chi connectivity index (χ0n) is 24.6. The molecule has 0 aliphatic heterocycles. The van der Waals surface area contributed by atoms with Crippen LogP contribution < -0.4 is 15.9 Å². The van der Waals surface area contributed by atoms with Crippen molar-refractivity contribution in [3.05, 3.63) is 90.0 Å². The van der Waals surface area contributed by atoms with E-state index in [1.807, 2.05) is 7.11 Å². The molecule has 0 saturated heterocycles. The molecule has 0 bridgehead atoms. The quantitative estimate of drug-likeness (QED) is 0.250. The molecule has 0 unspecified atom stereocenters. The summed E-state index contributed by atoms with van der Waals surface area (Å²) in [5.74, 6) is 0.215. The van der Waals surface area contributed by atoms with Crippen LogP contribution in [0.2, 0.25) is 0 Å². The molecular formula is C36H48OP2. The number of benzene rings is 3. The molecule has 3 aromatic carbocycles. The van der Waals surface area contributed by atoms with Crippen molar-refractivity contribution in [2.75, 3.05) is 7.11 Å². The molecule has 3 aromatic rings. The van der Waals surface area contributed by atoms with Gasteiger partial charge in [0.2, 0.25) is 0 Å². The van der Waals surface area contributed by atoms with Crippen molar-refractivity contribution in [2.24, 2.45) is 0 Å². The average molecular weight is 559 g/mol. The maximum absolute atomic E-state index is 6.73. The van der Waals surface area contributed by atoms with E-state index in [1.54, 1.807) is 0 Å². The Morgan fingerprint density at radius 2 is 1.15 bits per heavy atom. The molecule has 39 heavy (non-hydrogen) atoms. The summed E-state index contributed by atoms with van der Waals surface area (Å²) in [4.78, 5) is 0. The Bertz CT molecular complexity index is 1100. The summed E-state index contributed by atoms with van der Waals surface area (Å²) < 4.78 is 6.73. The van der Waals surface area contributed by atoms with Crippen molar-refractivity contribution >= 4 is 31.8 Å². The van der Waals surface area contributed by atoms with E-state index >= 15 is 0 Å². The molecule has 1 nitrogen and oxygen atoms in total. The minimum atomic E-state index is -0.698. The summed E-state index contributed by atoms with van der Waals surface area (Å²) >= 11 is 0. The van der Waals surface area contributed by atoms with E-state index in [-0.39, 0.29) is 19.2 Å². The Morgan fingerprint density at radius 1 is 0.667 bits per heavy atom. The monoisotopic (exact) mass is 558 g/mol. The van der Waals surface area contributed by atoms with E-state index in [4.69, 9.17) is 4.74 Å². The van der Waals surface area contributed by atoms with Crippen LogP contribution in [0.3, 0.4) is 0 Å². The van der Waals surface area contributed by atoms with E-state index < -0.39 is 7.92 Å². The third kappa shape index (κ3) is 6.87. The molecule has 2 aliphatic carbocycles. The highest BCUT2D eigenvalue weighted by Gasteiger charge is 2.39. The van der Waals surface area contributed by atoms with Gasteiger partial charge >= 0.3 is 0 Å². The predicted molar refractivity (Wildman–Crippen MR) is 174 cm³/mol. The van der Waals surface area contributed by atoms with Crippen molar-refractivity contribution in [1.29, 1.82) is 0 Å². The summed E-state index contributed by atoms with van der Waals surface area (Å²) in [6.45, 7) is 7.05. The first kappa shape index (κ1) is 29.0. The maximum atomic E-state index is 6.73. The first-order valence-electron chi connectivity index (χ1n) is 15.3. The van der Waals surface area contributed by atoms with E-state index in [9.17, 15) is 0 Å². The lowest BCUT2D eigenvalue weighted by Crippen LogP contribution is -2.30. The molecule has 2 saturated carbocycles. The zero-order valence-corrected chi connectivity index (χ0v) is 26.4. The molecule has 0 amide bonds. The highest BCUT2D eigenvalue weighted by Crippen LogP contribution is 2.65. The first-order valence-corrected chi connectivity index (χ1v) is 18.2. The molecule has 1 atom stereocenters. The van der Waals surface area contributed by atoms with E-state index in [0.717, 1.165) is 11.3 Å². The van der Waals surface area contributed by atoms with Crippen LogP contribution in [0.4, 0.5) is 0 Å². The van der Waals surface area contributed by atoms with Crippen molar-refractivity contribution in [3.63, 3.8) is 0 Å². The van der Waals surface area contributed by atoms with Crippen molar-refractivity contribution in [2.45, 2.75) is 108 Å². The molecule has 0 heterocycles. The second kappa shape index (κ2) is 13.4. The van der Waals surface area contributed by atoms with Gasteiger partial charge in [-0.25, -0.2) is 0 Å². The fourth-order valence-electron chi connectivity index (χ4n) is 6.84. The molecule has 0 spiro atoms. The van der Waals surface area contributed by atoms with Crippen LogP contribution in [-0.2, 0) is 10.2 Å². The molecular weight excluding hydrogens is 510 g/mol. The molecule has 5 rings (SSSR count). The second-order valence-electron chi connectivity index (χ2n) is 12.6. The predicted octanol–water partition coefficient (Wildman–Crippen LogP) is 9.53. The fraction of sp³-hybridized carbons (Fsp3) is 0.500. The highest BCUT2D eigenvalue weighted by atomic mass is 31.1. The van der Waals surface area contributed by atoms with Crippen LogP contribution in [0.15, 0.2) is 78.9 Å². The molecule has 208 valence electrons. The summed E-state index contributed by atoms with van der Waals surface area (Å²) in [7, 11) is 1.05.